The van der Waals surface area contributed by atoms with Gasteiger partial charge in [0.2, 0.25) is 11.8 Å². The van der Waals surface area contributed by atoms with Gasteiger partial charge in [0.1, 0.15) is 12.6 Å². The minimum Gasteiger partial charge on any atom is -0.461 e. The van der Waals surface area contributed by atoms with Crippen LogP contribution in [0.3, 0.4) is 0 Å². The molecule has 3 rings (SSSR count). The second-order valence-electron chi connectivity index (χ2n) is 11.8. The highest BCUT2D eigenvalue weighted by atomic mass is 16.5. The van der Waals surface area contributed by atoms with Crippen LogP contribution in [0.4, 0.5) is 0 Å². The Hall–Kier alpha value is -4.50. The maximum absolute atomic E-state index is 13.6. The zero-order valence-corrected chi connectivity index (χ0v) is 25.8. The van der Waals surface area contributed by atoms with Crippen molar-refractivity contribution in [2.45, 2.75) is 83.7 Å². The first kappa shape index (κ1) is 34.0. The van der Waals surface area contributed by atoms with Crippen LogP contribution in [0.25, 0.3) is 0 Å². The molecule has 3 aromatic rings. The van der Waals surface area contributed by atoms with Crippen molar-refractivity contribution < 1.29 is 29.0 Å². The SMILES string of the molecule is CCC(=O)N[C@H](CC(=O)OCc1ccccc1)C(=O)N[C@@H](Cc1ccccc1)[C@H](O)Cc1ccccc1C(=O)NC(C)(C)C. The van der Waals surface area contributed by atoms with Crippen LogP contribution in [0.2, 0.25) is 0 Å². The topological polar surface area (TPSA) is 134 Å². The molecule has 3 aromatic carbocycles. The summed E-state index contributed by atoms with van der Waals surface area (Å²) >= 11 is 0. The second-order valence-corrected chi connectivity index (χ2v) is 11.8. The Kier molecular flexibility index (Phi) is 12.7. The normalized spacial score (nSPS) is 13.2. The Morgan fingerprint density at radius 3 is 2.00 bits per heavy atom. The Bertz CT molecular complexity index is 1390. The molecule has 3 amide bonds. The van der Waals surface area contributed by atoms with E-state index in [9.17, 15) is 24.3 Å². The molecule has 4 N–H and O–H groups in total. The zero-order valence-electron chi connectivity index (χ0n) is 25.8. The molecule has 0 aromatic heterocycles. The summed E-state index contributed by atoms with van der Waals surface area (Å²) in [7, 11) is 0. The fourth-order valence-corrected chi connectivity index (χ4v) is 4.60. The zero-order chi connectivity index (χ0) is 32.1. The van der Waals surface area contributed by atoms with Gasteiger partial charge in [-0.3, -0.25) is 19.2 Å². The number of amides is 3. The van der Waals surface area contributed by atoms with Crippen LogP contribution >= 0.6 is 0 Å². The maximum atomic E-state index is 13.6. The summed E-state index contributed by atoms with van der Waals surface area (Å²) in [5, 5.41) is 19.9. The molecule has 0 saturated carbocycles. The highest BCUT2D eigenvalue weighted by Crippen LogP contribution is 2.17. The largest absolute Gasteiger partial charge is 0.461 e. The van der Waals surface area contributed by atoms with Crippen LogP contribution in [0.15, 0.2) is 84.9 Å². The predicted octanol–water partition coefficient (Wildman–Crippen LogP) is 3.87. The van der Waals surface area contributed by atoms with E-state index in [4.69, 9.17) is 4.74 Å². The van der Waals surface area contributed by atoms with Crippen molar-refractivity contribution in [2.75, 3.05) is 0 Å². The Balaban J connectivity index is 1.80. The van der Waals surface area contributed by atoms with Gasteiger partial charge in [-0.05, 0) is 49.9 Å². The maximum Gasteiger partial charge on any atom is 0.308 e. The summed E-state index contributed by atoms with van der Waals surface area (Å²) in [4.78, 5) is 51.6. The van der Waals surface area contributed by atoms with Gasteiger partial charge in [-0.2, -0.15) is 0 Å². The Morgan fingerprint density at radius 1 is 0.795 bits per heavy atom. The number of ether oxygens (including phenoxy) is 1. The molecule has 0 spiro atoms. The Labute approximate surface area is 259 Å². The van der Waals surface area contributed by atoms with Crippen LogP contribution in [0.1, 0.15) is 67.6 Å². The minimum absolute atomic E-state index is 0.0350. The monoisotopic (exact) mass is 601 g/mol. The first-order valence-electron chi connectivity index (χ1n) is 14.9. The molecule has 0 bridgehead atoms. The summed E-state index contributed by atoms with van der Waals surface area (Å²) in [6.45, 7) is 7.34. The molecule has 234 valence electrons. The lowest BCUT2D eigenvalue weighted by molar-refractivity contribution is -0.147. The Morgan fingerprint density at radius 2 is 1.39 bits per heavy atom. The number of nitrogens with one attached hydrogen (secondary N) is 3. The van der Waals surface area contributed by atoms with E-state index in [1.165, 1.54) is 0 Å². The molecule has 0 radical (unpaired) electrons. The summed E-state index contributed by atoms with van der Waals surface area (Å²) < 4.78 is 5.36. The average molecular weight is 602 g/mol. The summed E-state index contributed by atoms with van der Waals surface area (Å²) in [5.41, 5.74) is 2.26. The quantitative estimate of drug-likeness (QED) is 0.207. The van der Waals surface area contributed by atoms with Crippen LogP contribution in [0, 0.1) is 0 Å². The van der Waals surface area contributed by atoms with Gasteiger partial charge in [0.15, 0.2) is 0 Å². The molecule has 0 fully saturated rings. The van der Waals surface area contributed by atoms with Crippen molar-refractivity contribution in [3.05, 3.63) is 107 Å². The predicted molar refractivity (Wildman–Crippen MR) is 169 cm³/mol. The van der Waals surface area contributed by atoms with Crippen LogP contribution < -0.4 is 16.0 Å². The van der Waals surface area contributed by atoms with E-state index in [0.29, 0.717) is 11.1 Å². The van der Waals surface area contributed by atoms with E-state index in [1.54, 1.807) is 31.2 Å². The van der Waals surface area contributed by atoms with E-state index in [2.05, 4.69) is 16.0 Å². The first-order valence-corrected chi connectivity index (χ1v) is 14.9. The van der Waals surface area contributed by atoms with Crippen molar-refractivity contribution in [2.24, 2.45) is 0 Å². The van der Waals surface area contributed by atoms with Gasteiger partial charge >= 0.3 is 5.97 Å². The number of aliphatic hydroxyl groups excluding tert-OH is 1. The molecule has 9 nitrogen and oxygen atoms in total. The standard InChI is InChI=1S/C35H43N3O6/c1-5-31(40)36-29(22-32(41)44-23-25-16-10-7-11-17-25)34(43)37-28(20-24-14-8-6-9-15-24)30(39)21-26-18-12-13-19-27(26)33(42)38-35(2,3)4/h6-19,28-30,39H,5,20-23H2,1-4H3,(H,36,40)(H,37,43)(H,38,42)/t28-,29+,30+/m0/s1. The number of hydrogen-bond donors (Lipinski definition) is 4. The molecular formula is C35H43N3O6. The van der Waals surface area contributed by atoms with Gasteiger partial charge in [-0.15, -0.1) is 0 Å². The molecule has 0 aliphatic heterocycles. The van der Waals surface area contributed by atoms with Crippen LogP contribution in [0.5, 0.6) is 0 Å². The smallest absolute Gasteiger partial charge is 0.308 e. The number of carbonyl (C=O) groups excluding carboxylic acids is 4. The van der Waals surface area contributed by atoms with Gasteiger partial charge in [0.05, 0.1) is 18.6 Å². The summed E-state index contributed by atoms with van der Waals surface area (Å²) in [5.74, 6) is -1.94. The molecular weight excluding hydrogens is 558 g/mol. The van der Waals surface area contributed by atoms with Crippen molar-refractivity contribution in [1.82, 2.24) is 16.0 Å². The number of esters is 1. The molecule has 9 heteroatoms. The van der Waals surface area contributed by atoms with Crippen LogP contribution in [-0.2, 0) is 38.6 Å². The highest BCUT2D eigenvalue weighted by Gasteiger charge is 2.30. The van der Waals surface area contributed by atoms with E-state index in [-0.39, 0.29) is 38.2 Å². The summed E-state index contributed by atoms with van der Waals surface area (Å²) in [6, 6.07) is 23.5. The second kappa shape index (κ2) is 16.4. The average Bonchev–Trinajstić information content (AvgIpc) is 2.99. The molecule has 0 aliphatic carbocycles. The fourth-order valence-electron chi connectivity index (χ4n) is 4.60. The van der Waals surface area contributed by atoms with E-state index in [1.807, 2.05) is 81.4 Å². The van der Waals surface area contributed by atoms with Gasteiger partial charge < -0.3 is 25.8 Å². The third-order valence-corrected chi connectivity index (χ3v) is 6.86. The third-order valence-electron chi connectivity index (χ3n) is 6.86. The minimum atomic E-state index is -1.21. The third kappa shape index (κ3) is 11.3. The van der Waals surface area contributed by atoms with Gasteiger partial charge in [0.25, 0.3) is 5.91 Å². The lowest BCUT2D eigenvalue weighted by atomic mass is 9.93. The van der Waals surface area contributed by atoms with Gasteiger partial charge in [0, 0.05) is 23.9 Å². The molecule has 44 heavy (non-hydrogen) atoms. The van der Waals surface area contributed by atoms with Crippen molar-refractivity contribution in [3.63, 3.8) is 0 Å². The van der Waals surface area contributed by atoms with Gasteiger partial charge in [-0.25, -0.2) is 0 Å². The molecule has 0 unspecified atom stereocenters. The first-order chi connectivity index (χ1) is 20.9. The number of carbonyl (C=O) groups is 4. The number of rotatable bonds is 14. The van der Waals surface area contributed by atoms with E-state index >= 15 is 0 Å². The number of aliphatic hydroxyl groups is 1. The highest BCUT2D eigenvalue weighted by molar-refractivity contribution is 5.96. The fraction of sp³-hybridized carbons (Fsp3) is 0.371. The van der Waals surface area contributed by atoms with Crippen molar-refractivity contribution in [3.8, 4) is 0 Å². The number of benzene rings is 3. The molecule has 3 atom stereocenters. The van der Waals surface area contributed by atoms with Gasteiger partial charge in [-0.1, -0.05) is 85.8 Å². The van der Waals surface area contributed by atoms with E-state index < -0.39 is 41.5 Å². The summed E-state index contributed by atoms with van der Waals surface area (Å²) in [6.07, 6.45) is -1.01. The molecule has 0 saturated heterocycles. The lowest BCUT2D eigenvalue weighted by Crippen LogP contribution is -2.54. The van der Waals surface area contributed by atoms with Crippen molar-refractivity contribution in [1.29, 1.82) is 0 Å². The van der Waals surface area contributed by atoms with E-state index in [0.717, 1.165) is 11.1 Å². The molecule has 0 aliphatic rings. The molecule has 0 heterocycles. The van der Waals surface area contributed by atoms with Crippen LogP contribution in [-0.4, -0.2) is 52.5 Å². The lowest BCUT2D eigenvalue weighted by Gasteiger charge is -2.28. The van der Waals surface area contributed by atoms with Crippen molar-refractivity contribution >= 4 is 23.7 Å². The number of hydrogen-bond acceptors (Lipinski definition) is 6.